The topological polar surface area (TPSA) is 114 Å². The average Bonchev–Trinajstić information content (AvgIpc) is 2.86. The van der Waals surface area contributed by atoms with E-state index in [1.165, 1.54) is 12.0 Å². The molecule has 1 aliphatic rings. The Kier molecular flexibility index (Phi) is 10.4. The molecule has 2 heterocycles. The molecule has 1 aliphatic heterocycles. The summed E-state index contributed by atoms with van der Waals surface area (Å²) in [6.45, 7) is 10.3. The van der Waals surface area contributed by atoms with E-state index in [2.05, 4.69) is 20.9 Å². The summed E-state index contributed by atoms with van der Waals surface area (Å²) >= 11 is 11.9. The Morgan fingerprint density at radius 3 is 2.68 bits per heavy atom. The lowest BCUT2D eigenvalue weighted by Crippen LogP contribution is -2.51. The number of carbonyl (C=O) groups excluding carboxylic acids is 2. The number of anilines is 1. The Bertz CT molecular complexity index is 1320. The largest absolute Gasteiger partial charge is 0.493 e. The molecule has 0 spiro atoms. The zero-order valence-corrected chi connectivity index (χ0v) is 26.1. The minimum absolute atomic E-state index is 0.234. The van der Waals surface area contributed by atoms with Gasteiger partial charge >= 0.3 is 6.09 Å². The van der Waals surface area contributed by atoms with E-state index in [9.17, 15) is 9.59 Å². The Morgan fingerprint density at radius 1 is 1.27 bits per heavy atom. The Hall–Kier alpha value is -3.57. The second-order valence-electron chi connectivity index (χ2n) is 11.2. The van der Waals surface area contributed by atoms with E-state index in [1.54, 1.807) is 37.6 Å². The molecular weight excluding hydrogens is 566 g/mol. The molecule has 0 aliphatic carbocycles. The number of thiocarbonyl (C=S) groups is 1. The van der Waals surface area contributed by atoms with Crippen LogP contribution in [0.4, 0.5) is 10.5 Å². The number of methoxy groups -OCH3 is 1. The normalized spacial score (nSPS) is 14.6. The second kappa shape index (κ2) is 13.4. The summed E-state index contributed by atoms with van der Waals surface area (Å²) in [7, 11) is 3.17. The molecule has 0 saturated carbocycles. The van der Waals surface area contributed by atoms with E-state index in [1.807, 2.05) is 40.7 Å². The number of likely N-dealkylation sites (N-methyl/N-ethyl adjacent to an activating group) is 1. The molecule has 3 rings (SSSR count). The van der Waals surface area contributed by atoms with Gasteiger partial charge in [-0.3, -0.25) is 9.78 Å². The van der Waals surface area contributed by atoms with Crippen molar-refractivity contribution in [1.82, 2.24) is 20.5 Å². The maximum atomic E-state index is 13.2. The van der Waals surface area contributed by atoms with Crippen LogP contribution >= 0.6 is 23.8 Å². The standard InChI is InChI=1S/C29H38ClN5O5S/c1-28(2,3)40-27(37)35(6)13-14-39-22-17-31-12-11-18(22)16-32-21-15-29(4,5)34-25(36)23(21)26(41)33-20-10-8-9-19(30)24(20)38-7/h8-12,17,32H,13-16H2,1-7H3,(H,33,41)(H,34,36). The van der Waals surface area contributed by atoms with Crippen molar-refractivity contribution in [3.63, 3.8) is 0 Å². The van der Waals surface area contributed by atoms with Crippen molar-refractivity contribution in [2.75, 3.05) is 32.6 Å². The number of aromatic nitrogens is 1. The van der Waals surface area contributed by atoms with Gasteiger partial charge in [-0.2, -0.15) is 0 Å². The number of halogens is 1. The Morgan fingerprint density at radius 2 is 2.00 bits per heavy atom. The lowest BCUT2D eigenvalue weighted by Gasteiger charge is -2.34. The zero-order chi connectivity index (χ0) is 30.4. The number of ether oxygens (including phenoxy) is 3. The minimum atomic E-state index is -0.579. The van der Waals surface area contributed by atoms with Gasteiger partial charge in [-0.25, -0.2) is 4.79 Å². The number of nitrogens with zero attached hydrogens (tertiary/aromatic N) is 2. The fraction of sp³-hybridized carbons (Fsp3) is 0.448. The SMILES string of the molecule is COc1c(Cl)cccc1NC(=S)C1=C(NCc2ccncc2OCCN(C)C(=O)OC(C)(C)C)CC(C)(C)NC1=O. The predicted octanol–water partition coefficient (Wildman–Crippen LogP) is 5.07. The van der Waals surface area contributed by atoms with Crippen LogP contribution in [0.2, 0.25) is 5.02 Å². The second-order valence-corrected chi connectivity index (χ2v) is 12.0. The summed E-state index contributed by atoms with van der Waals surface area (Å²) in [5, 5.41) is 9.96. The van der Waals surface area contributed by atoms with E-state index in [4.69, 9.17) is 38.0 Å². The van der Waals surface area contributed by atoms with Crippen molar-refractivity contribution in [2.45, 2.75) is 58.7 Å². The number of benzene rings is 1. The summed E-state index contributed by atoms with van der Waals surface area (Å²) in [5.41, 5.74) is 1.32. The molecule has 41 heavy (non-hydrogen) atoms. The highest BCUT2D eigenvalue weighted by Crippen LogP contribution is 2.34. The maximum absolute atomic E-state index is 13.2. The maximum Gasteiger partial charge on any atom is 0.410 e. The molecule has 0 radical (unpaired) electrons. The van der Waals surface area contributed by atoms with Gasteiger partial charge in [0, 0.05) is 43.0 Å². The molecule has 222 valence electrons. The summed E-state index contributed by atoms with van der Waals surface area (Å²) in [5.74, 6) is 0.696. The first-order chi connectivity index (χ1) is 19.2. The number of carbonyl (C=O) groups is 2. The van der Waals surface area contributed by atoms with Gasteiger partial charge in [-0.05, 0) is 52.8 Å². The number of para-hydroxylation sites is 1. The summed E-state index contributed by atoms with van der Waals surface area (Å²) < 4.78 is 16.8. The molecule has 0 atom stereocenters. The van der Waals surface area contributed by atoms with Crippen LogP contribution in [0.1, 0.15) is 46.6 Å². The van der Waals surface area contributed by atoms with Gasteiger partial charge in [0.2, 0.25) is 0 Å². The van der Waals surface area contributed by atoms with Crippen LogP contribution in [0, 0.1) is 0 Å². The van der Waals surface area contributed by atoms with Crippen molar-refractivity contribution >= 4 is 46.5 Å². The van der Waals surface area contributed by atoms with Crippen LogP contribution < -0.4 is 25.4 Å². The van der Waals surface area contributed by atoms with E-state index in [-0.39, 0.29) is 17.5 Å². The molecule has 0 saturated heterocycles. The van der Waals surface area contributed by atoms with Crippen LogP contribution in [-0.4, -0.2) is 65.3 Å². The molecule has 2 amide bonds. The number of pyridine rings is 1. The zero-order valence-electron chi connectivity index (χ0n) is 24.5. The molecule has 1 aromatic heterocycles. The molecule has 1 aromatic carbocycles. The summed E-state index contributed by atoms with van der Waals surface area (Å²) in [4.78, 5) is 31.3. The Balaban J connectivity index is 1.76. The number of hydrogen-bond acceptors (Lipinski definition) is 8. The Labute approximate surface area is 251 Å². The van der Waals surface area contributed by atoms with Gasteiger partial charge < -0.3 is 35.1 Å². The first kappa shape index (κ1) is 32.0. The van der Waals surface area contributed by atoms with Crippen molar-refractivity contribution < 1.29 is 23.8 Å². The number of nitrogens with one attached hydrogen (secondary N) is 3. The van der Waals surface area contributed by atoms with Crippen LogP contribution in [0.5, 0.6) is 11.5 Å². The van der Waals surface area contributed by atoms with E-state index in [0.717, 1.165) is 5.56 Å². The lowest BCUT2D eigenvalue weighted by molar-refractivity contribution is -0.119. The fourth-order valence-corrected chi connectivity index (χ4v) is 4.66. The van der Waals surface area contributed by atoms with Crippen molar-refractivity contribution in [2.24, 2.45) is 0 Å². The first-order valence-electron chi connectivity index (χ1n) is 13.1. The molecule has 0 bridgehead atoms. The summed E-state index contributed by atoms with van der Waals surface area (Å²) in [6, 6.07) is 7.09. The van der Waals surface area contributed by atoms with Crippen LogP contribution in [0.25, 0.3) is 0 Å². The highest BCUT2D eigenvalue weighted by atomic mass is 35.5. The third-order valence-electron chi connectivity index (χ3n) is 6.00. The molecule has 0 fully saturated rings. The quantitative estimate of drug-likeness (QED) is 0.320. The fourth-order valence-electron chi connectivity index (χ4n) is 4.08. The molecular formula is C29H38ClN5O5S. The first-order valence-corrected chi connectivity index (χ1v) is 13.9. The van der Waals surface area contributed by atoms with Gasteiger partial charge in [0.05, 0.1) is 36.1 Å². The van der Waals surface area contributed by atoms with Crippen LogP contribution in [-0.2, 0) is 16.1 Å². The smallest absolute Gasteiger partial charge is 0.410 e. The summed E-state index contributed by atoms with van der Waals surface area (Å²) in [6.07, 6.45) is 3.38. The van der Waals surface area contributed by atoms with Crippen molar-refractivity contribution in [3.8, 4) is 11.5 Å². The molecule has 0 unspecified atom stereocenters. The van der Waals surface area contributed by atoms with Crippen molar-refractivity contribution in [1.29, 1.82) is 0 Å². The third-order valence-corrected chi connectivity index (χ3v) is 6.60. The average molecular weight is 604 g/mol. The van der Waals surface area contributed by atoms with Gasteiger partial charge in [-0.15, -0.1) is 0 Å². The molecule has 12 heteroatoms. The third kappa shape index (κ3) is 8.96. The molecule has 2 aromatic rings. The number of rotatable bonds is 10. The molecule has 10 nitrogen and oxygen atoms in total. The monoisotopic (exact) mass is 603 g/mol. The number of hydrogen-bond donors (Lipinski definition) is 3. The van der Waals surface area contributed by atoms with Crippen molar-refractivity contribution in [3.05, 3.63) is 58.5 Å². The van der Waals surface area contributed by atoms with Crippen LogP contribution in [0.3, 0.4) is 0 Å². The molecule has 3 N–H and O–H groups in total. The van der Waals surface area contributed by atoms with E-state index < -0.39 is 17.2 Å². The van der Waals surface area contributed by atoms with Gasteiger partial charge in [0.15, 0.2) is 5.75 Å². The van der Waals surface area contributed by atoms with E-state index >= 15 is 0 Å². The predicted molar refractivity (Wildman–Crippen MR) is 164 cm³/mol. The highest BCUT2D eigenvalue weighted by molar-refractivity contribution is 7.81. The van der Waals surface area contributed by atoms with Gasteiger partial charge in [-0.1, -0.05) is 29.9 Å². The number of amides is 2. The van der Waals surface area contributed by atoms with Gasteiger partial charge in [0.1, 0.15) is 22.9 Å². The van der Waals surface area contributed by atoms with E-state index in [0.29, 0.717) is 53.0 Å². The lowest BCUT2D eigenvalue weighted by atomic mass is 9.90. The van der Waals surface area contributed by atoms with Gasteiger partial charge in [0.25, 0.3) is 5.91 Å². The highest BCUT2D eigenvalue weighted by Gasteiger charge is 2.34. The minimum Gasteiger partial charge on any atom is -0.493 e. The van der Waals surface area contributed by atoms with Crippen LogP contribution in [0.15, 0.2) is 47.9 Å².